The number of aromatic amines is 1. The van der Waals surface area contributed by atoms with Crippen molar-refractivity contribution in [2.45, 2.75) is 0 Å². The Kier molecular flexibility index (Phi) is 2.30. The van der Waals surface area contributed by atoms with Crippen LogP contribution in [0.2, 0.25) is 0 Å². The molecule has 62 valence electrons. The van der Waals surface area contributed by atoms with Gasteiger partial charge in [0.05, 0.1) is 6.20 Å². The molecule has 0 aliphatic carbocycles. The summed E-state index contributed by atoms with van der Waals surface area (Å²) in [6, 6.07) is 0. The molecule has 0 saturated heterocycles. The van der Waals surface area contributed by atoms with Crippen LogP contribution in [0.3, 0.4) is 0 Å². The number of fused-ring (bicyclic) bond motifs is 1. The fourth-order valence-electron chi connectivity index (χ4n) is 0.769. The number of nitrogens with one attached hydrogen (secondary N) is 1. The topological polar surface area (TPSA) is 70.5 Å². The quantitative estimate of drug-likeness (QED) is 0.534. The lowest BCUT2D eigenvalue weighted by molar-refractivity contribution is 0.989. The van der Waals surface area contributed by atoms with Gasteiger partial charge in [-0.05, 0) is 12.2 Å². The molecule has 7 heteroatoms. The van der Waals surface area contributed by atoms with Crippen LogP contribution in [0.5, 0.6) is 0 Å². The van der Waals surface area contributed by atoms with Crippen LogP contribution in [0.1, 0.15) is 0 Å². The highest BCUT2D eigenvalue weighted by Gasteiger charge is 2.00. The highest BCUT2D eigenvalue weighted by atomic mass is 35.5. The number of hydrogen-bond acceptors (Lipinski definition) is 3. The van der Waals surface area contributed by atoms with Crippen LogP contribution in [0.15, 0.2) is 21.0 Å². The summed E-state index contributed by atoms with van der Waals surface area (Å²) in [7, 11) is 0. The first kappa shape index (κ1) is 8.95. The van der Waals surface area contributed by atoms with Gasteiger partial charge in [-0.25, -0.2) is 9.79 Å². The molecule has 0 saturated carbocycles. The van der Waals surface area contributed by atoms with E-state index in [1.807, 2.05) is 0 Å². The van der Waals surface area contributed by atoms with Gasteiger partial charge in [0.1, 0.15) is 5.36 Å². The molecule has 0 unspecified atom stereocenters. The molecule has 0 aromatic carbocycles. The molecule has 0 spiro atoms. The van der Waals surface area contributed by atoms with Gasteiger partial charge in [-0.1, -0.05) is 0 Å². The fraction of sp³-hybridized carbons (Fsp3) is 0. The van der Waals surface area contributed by atoms with Crippen molar-refractivity contribution >= 4 is 29.7 Å². The third-order valence-corrected chi connectivity index (χ3v) is 1.38. The van der Waals surface area contributed by atoms with Gasteiger partial charge in [0.2, 0.25) is 5.11 Å². The Bertz CT molecular complexity index is 493. The predicted molar refractivity (Wildman–Crippen MR) is 47.0 cm³/mol. The molecule has 12 heavy (non-hydrogen) atoms. The molecule has 1 aromatic heterocycles. The molecule has 1 aromatic rings. The third-order valence-electron chi connectivity index (χ3n) is 1.20. The monoisotopic (exact) mass is 202 g/mol. The summed E-state index contributed by atoms with van der Waals surface area (Å²) in [4.78, 5) is 24.1. The Labute approximate surface area is 77.7 Å². The molecule has 0 bridgehead atoms. The summed E-state index contributed by atoms with van der Waals surface area (Å²) in [5.74, 6) is 0. The first-order chi connectivity index (χ1) is 5.25. The summed E-state index contributed by atoms with van der Waals surface area (Å²) < 4.78 is 0. The van der Waals surface area contributed by atoms with Crippen LogP contribution in [0.4, 0.5) is 0 Å². The van der Waals surface area contributed by atoms with Crippen molar-refractivity contribution in [2.24, 2.45) is 9.98 Å². The summed E-state index contributed by atoms with van der Waals surface area (Å²) in [5, 5.41) is 0.748. The lowest BCUT2D eigenvalue weighted by Crippen LogP contribution is -2.33. The summed E-state index contributed by atoms with van der Waals surface area (Å²) in [5.41, 5.74) is -0.0394. The number of rotatable bonds is 0. The molecule has 0 amide bonds. The number of aromatic nitrogens is 2. The normalized spacial score (nSPS) is 12.5. The van der Waals surface area contributed by atoms with Gasteiger partial charge < -0.3 is 0 Å². The van der Waals surface area contributed by atoms with E-state index >= 15 is 0 Å². The fourth-order valence-corrected chi connectivity index (χ4v) is 0.959. The number of hydrogen-bond donors (Lipinski definition) is 1. The average molecular weight is 203 g/mol. The summed E-state index contributed by atoms with van der Waals surface area (Å²) in [6.45, 7) is 0. The van der Waals surface area contributed by atoms with Gasteiger partial charge in [0, 0.05) is 0 Å². The van der Waals surface area contributed by atoms with Gasteiger partial charge in [0.25, 0.3) is 0 Å². The van der Waals surface area contributed by atoms with Gasteiger partial charge in [-0.2, -0.15) is 9.98 Å². The van der Waals surface area contributed by atoms with Gasteiger partial charge in [-0.3, -0.25) is 4.98 Å². The van der Waals surface area contributed by atoms with E-state index in [1.54, 1.807) is 0 Å². The standard InChI is InChI=1S/C5H2N4OS.ClH/c10-4-6-1-2-3(8-4)9-5(11)7-2;/h1H,(H,8,9,10,11);1H. The maximum absolute atomic E-state index is 10.6. The lowest BCUT2D eigenvalue weighted by atomic mass is 10.6. The van der Waals surface area contributed by atoms with Crippen molar-refractivity contribution in [3.05, 3.63) is 27.5 Å². The first-order valence-electron chi connectivity index (χ1n) is 2.82. The number of halogens is 1. The van der Waals surface area contributed by atoms with Gasteiger partial charge in [-0.15, -0.1) is 12.4 Å². The Balaban J connectivity index is 0.000000720. The van der Waals surface area contributed by atoms with Crippen LogP contribution in [-0.2, 0) is 0 Å². The second-order valence-electron chi connectivity index (χ2n) is 1.93. The van der Waals surface area contributed by atoms with Crippen molar-refractivity contribution in [2.75, 3.05) is 0 Å². The molecule has 1 N–H and O–H groups in total. The van der Waals surface area contributed by atoms with Gasteiger partial charge >= 0.3 is 5.69 Å². The van der Waals surface area contributed by atoms with Crippen molar-refractivity contribution in [3.63, 3.8) is 0 Å². The molecular weight excluding hydrogens is 200 g/mol. The number of H-pyrrole nitrogens is 1. The zero-order chi connectivity index (χ0) is 7.84. The van der Waals surface area contributed by atoms with E-state index in [0.717, 1.165) is 0 Å². The van der Waals surface area contributed by atoms with E-state index in [-0.39, 0.29) is 17.5 Å². The van der Waals surface area contributed by atoms with Crippen molar-refractivity contribution in [1.82, 2.24) is 9.97 Å². The molecule has 1 aliphatic heterocycles. The van der Waals surface area contributed by atoms with E-state index in [9.17, 15) is 4.79 Å². The Morgan fingerprint density at radius 1 is 1.42 bits per heavy atom. The number of nitrogens with zero attached hydrogens (tertiary/aromatic N) is 3. The average Bonchev–Trinajstić information content (AvgIpc) is 2.27. The van der Waals surface area contributed by atoms with Crippen molar-refractivity contribution < 1.29 is 0 Å². The van der Waals surface area contributed by atoms with Crippen LogP contribution in [0, 0.1) is 0 Å². The highest BCUT2D eigenvalue weighted by Crippen LogP contribution is 1.80. The van der Waals surface area contributed by atoms with E-state index in [2.05, 4.69) is 32.2 Å². The summed E-state index contributed by atoms with van der Waals surface area (Å²) >= 11 is 4.68. The van der Waals surface area contributed by atoms with E-state index in [0.29, 0.717) is 10.8 Å². The maximum atomic E-state index is 10.6. The molecule has 5 nitrogen and oxygen atoms in total. The second kappa shape index (κ2) is 3.08. The largest absolute Gasteiger partial charge is 0.346 e. The third kappa shape index (κ3) is 1.39. The Morgan fingerprint density at radius 3 is 2.92 bits per heavy atom. The minimum atomic E-state index is -0.438. The molecule has 1 aliphatic rings. The van der Waals surface area contributed by atoms with Crippen LogP contribution in [0.25, 0.3) is 0 Å². The minimum absolute atomic E-state index is 0. The first-order valence-corrected chi connectivity index (χ1v) is 3.23. The van der Waals surface area contributed by atoms with Crippen molar-refractivity contribution in [3.8, 4) is 0 Å². The Morgan fingerprint density at radius 2 is 2.17 bits per heavy atom. The van der Waals surface area contributed by atoms with Gasteiger partial charge in [0.15, 0.2) is 5.49 Å². The molecule has 0 atom stereocenters. The van der Waals surface area contributed by atoms with Crippen LogP contribution in [-0.4, -0.2) is 15.1 Å². The van der Waals surface area contributed by atoms with E-state index in [1.165, 1.54) is 6.20 Å². The van der Waals surface area contributed by atoms with Crippen LogP contribution < -0.4 is 16.5 Å². The lowest BCUT2D eigenvalue weighted by Gasteiger charge is -1.77. The zero-order valence-electron chi connectivity index (χ0n) is 5.64. The Hall–Kier alpha value is -1.14. The van der Waals surface area contributed by atoms with E-state index < -0.39 is 5.69 Å². The zero-order valence-corrected chi connectivity index (χ0v) is 7.28. The summed E-state index contributed by atoms with van der Waals surface area (Å²) in [6.07, 6.45) is 1.34. The van der Waals surface area contributed by atoms with E-state index in [4.69, 9.17) is 0 Å². The predicted octanol–water partition coefficient (Wildman–Crippen LogP) is -1.27. The molecule has 2 rings (SSSR count). The maximum Gasteiger partial charge on any atom is 0.346 e. The van der Waals surface area contributed by atoms with Crippen molar-refractivity contribution in [1.29, 1.82) is 0 Å². The molecular formula is C5H3ClN4OS. The number of thiocarbonyl (C=S) groups is 1. The molecule has 0 fully saturated rings. The second-order valence-corrected chi connectivity index (χ2v) is 2.29. The van der Waals surface area contributed by atoms with Crippen LogP contribution >= 0.6 is 24.6 Å². The molecule has 0 radical (unpaired) electrons. The minimum Gasteiger partial charge on any atom is -0.288 e. The SMILES string of the molecule is Cl.O=c1ncc2c([nH]1)=NC(=S)N=2. The molecule has 2 heterocycles. The smallest absolute Gasteiger partial charge is 0.288 e. The highest BCUT2D eigenvalue weighted by molar-refractivity contribution is 7.80.